The maximum absolute atomic E-state index is 13.2. The fraction of sp³-hybridized carbons (Fsp3) is 0.217. The molecule has 0 aliphatic rings. The van der Waals surface area contributed by atoms with Crippen molar-refractivity contribution >= 4 is 33.0 Å². The molecule has 2 aromatic carbocycles. The topological polar surface area (TPSA) is 102 Å². The van der Waals surface area contributed by atoms with Gasteiger partial charge in [-0.25, -0.2) is 8.42 Å². The number of ether oxygens (including phenoxy) is 1. The van der Waals surface area contributed by atoms with Crippen LogP contribution in [0.2, 0.25) is 0 Å². The van der Waals surface area contributed by atoms with E-state index in [2.05, 4.69) is 10.6 Å². The lowest BCUT2D eigenvalue weighted by molar-refractivity contribution is -0.139. The predicted molar refractivity (Wildman–Crippen MR) is 123 cm³/mol. The number of benzene rings is 2. The Labute approximate surface area is 191 Å². The molecular formula is C23H24N2O5S2. The molecule has 32 heavy (non-hydrogen) atoms. The van der Waals surface area contributed by atoms with Crippen LogP contribution in [0.5, 0.6) is 5.75 Å². The lowest BCUT2D eigenvalue weighted by atomic mass is 10.2. The van der Waals surface area contributed by atoms with Crippen LogP contribution in [0.15, 0.2) is 70.9 Å². The Hall–Kier alpha value is -3.17. The van der Waals surface area contributed by atoms with E-state index in [1.165, 1.54) is 11.3 Å². The number of aryl methyl sites for hydroxylation is 1. The van der Waals surface area contributed by atoms with Crippen molar-refractivity contribution in [3.8, 4) is 5.75 Å². The first-order chi connectivity index (χ1) is 15.3. The number of nitrogens with one attached hydrogen (secondary N) is 2. The Morgan fingerprint density at radius 3 is 2.38 bits per heavy atom. The van der Waals surface area contributed by atoms with Gasteiger partial charge in [0.1, 0.15) is 11.0 Å². The average Bonchev–Trinajstić information content (AvgIpc) is 3.32. The molecule has 0 unspecified atom stereocenters. The molecule has 0 fully saturated rings. The minimum absolute atomic E-state index is 0.138. The Bertz CT molecular complexity index is 1170. The second-order valence-electron chi connectivity index (χ2n) is 7.11. The summed E-state index contributed by atoms with van der Waals surface area (Å²) in [5.41, 5.74) is 1.71. The third-order valence-corrected chi connectivity index (χ3v) is 8.06. The van der Waals surface area contributed by atoms with Gasteiger partial charge in [0.2, 0.25) is 0 Å². The number of thiophene rings is 1. The first-order valence-electron chi connectivity index (χ1n) is 9.84. The SMILES string of the molecule is COc1cccc(CNC(=O)C(=O)NC[C@H](c2cccs2)S(=O)(=O)c2ccc(C)cc2)c1. The van der Waals surface area contributed by atoms with Crippen molar-refractivity contribution in [2.24, 2.45) is 0 Å². The second-order valence-corrected chi connectivity index (χ2v) is 10.2. The van der Waals surface area contributed by atoms with E-state index >= 15 is 0 Å². The lowest BCUT2D eigenvalue weighted by Gasteiger charge is -2.17. The number of sulfone groups is 1. The molecule has 168 valence electrons. The fourth-order valence-corrected chi connectivity index (χ4v) is 5.82. The monoisotopic (exact) mass is 472 g/mol. The van der Waals surface area contributed by atoms with E-state index in [9.17, 15) is 18.0 Å². The van der Waals surface area contributed by atoms with Gasteiger partial charge < -0.3 is 15.4 Å². The van der Waals surface area contributed by atoms with Gasteiger partial charge in [0.05, 0.1) is 12.0 Å². The Morgan fingerprint density at radius 2 is 1.72 bits per heavy atom. The molecule has 0 radical (unpaired) electrons. The van der Waals surface area contributed by atoms with Crippen molar-refractivity contribution in [3.05, 3.63) is 82.0 Å². The normalized spacial score (nSPS) is 12.1. The number of carbonyl (C=O) groups is 2. The molecule has 2 N–H and O–H groups in total. The smallest absolute Gasteiger partial charge is 0.309 e. The highest BCUT2D eigenvalue weighted by atomic mass is 32.2. The standard InChI is InChI=1S/C23H24N2O5S2/c1-16-8-10-19(11-9-16)32(28,29)21(20-7-4-12-31-20)15-25-23(27)22(26)24-14-17-5-3-6-18(13-17)30-2/h3-13,21H,14-15H2,1-2H3,(H,24,26)(H,25,27)/t21-/m1/s1. The molecule has 9 heteroatoms. The zero-order valence-corrected chi connectivity index (χ0v) is 19.3. The van der Waals surface area contributed by atoms with Crippen LogP contribution in [0, 0.1) is 6.92 Å². The van der Waals surface area contributed by atoms with Crippen LogP contribution in [0.4, 0.5) is 0 Å². The van der Waals surface area contributed by atoms with Crippen LogP contribution in [0.25, 0.3) is 0 Å². The summed E-state index contributed by atoms with van der Waals surface area (Å²) in [6, 6.07) is 17.1. The first kappa shape index (κ1) is 23.5. The van der Waals surface area contributed by atoms with Crippen LogP contribution in [-0.2, 0) is 26.0 Å². The Kier molecular flexibility index (Phi) is 7.66. The molecule has 1 heterocycles. The van der Waals surface area contributed by atoms with Crippen molar-refractivity contribution in [3.63, 3.8) is 0 Å². The zero-order valence-electron chi connectivity index (χ0n) is 17.7. The molecule has 0 saturated carbocycles. The van der Waals surface area contributed by atoms with E-state index < -0.39 is 26.9 Å². The van der Waals surface area contributed by atoms with Crippen molar-refractivity contribution < 1.29 is 22.7 Å². The maximum atomic E-state index is 13.2. The van der Waals surface area contributed by atoms with Gasteiger partial charge in [-0.2, -0.15) is 0 Å². The van der Waals surface area contributed by atoms with Gasteiger partial charge in [0, 0.05) is 18.0 Å². The summed E-state index contributed by atoms with van der Waals surface area (Å²) in [4.78, 5) is 25.3. The summed E-state index contributed by atoms with van der Waals surface area (Å²) in [7, 11) is -2.23. The second kappa shape index (κ2) is 10.4. The molecule has 0 spiro atoms. The van der Waals surface area contributed by atoms with Gasteiger partial charge in [-0.1, -0.05) is 35.9 Å². The molecule has 2 amide bonds. The molecule has 0 saturated heterocycles. The summed E-state index contributed by atoms with van der Waals surface area (Å²) >= 11 is 1.28. The van der Waals surface area contributed by atoms with E-state index in [-0.39, 0.29) is 18.0 Å². The first-order valence-corrected chi connectivity index (χ1v) is 12.3. The van der Waals surface area contributed by atoms with E-state index in [0.717, 1.165) is 11.1 Å². The van der Waals surface area contributed by atoms with E-state index in [0.29, 0.717) is 10.6 Å². The average molecular weight is 473 g/mol. The summed E-state index contributed by atoms with van der Waals surface area (Å²) < 4.78 is 31.6. The molecular weight excluding hydrogens is 448 g/mol. The Balaban J connectivity index is 1.67. The highest BCUT2D eigenvalue weighted by Crippen LogP contribution is 2.31. The summed E-state index contributed by atoms with van der Waals surface area (Å²) in [5, 5.41) is 5.77. The van der Waals surface area contributed by atoms with Gasteiger partial charge in [0.25, 0.3) is 0 Å². The molecule has 0 aliphatic carbocycles. The van der Waals surface area contributed by atoms with Gasteiger partial charge in [-0.05, 0) is 48.2 Å². The summed E-state index contributed by atoms with van der Waals surface area (Å²) in [6.07, 6.45) is 0. The number of amides is 2. The third-order valence-electron chi connectivity index (χ3n) is 4.83. The van der Waals surface area contributed by atoms with E-state index in [1.807, 2.05) is 6.92 Å². The van der Waals surface area contributed by atoms with E-state index in [1.54, 1.807) is 73.2 Å². The number of methoxy groups -OCH3 is 1. The zero-order chi connectivity index (χ0) is 23.1. The molecule has 1 atom stereocenters. The van der Waals surface area contributed by atoms with E-state index in [4.69, 9.17) is 4.74 Å². The van der Waals surface area contributed by atoms with Gasteiger partial charge >= 0.3 is 11.8 Å². The van der Waals surface area contributed by atoms with Crippen LogP contribution in [0.1, 0.15) is 21.3 Å². The van der Waals surface area contributed by atoms with Crippen molar-refractivity contribution in [2.75, 3.05) is 13.7 Å². The molecule has 1 aromatic heterocycles. The third kappa shape index (κ3) is 5.74. The predicted octanol–water partition coefficient (Wildman–Crippen LogP) is 3.01. The van der Waals surface area contributed by atoms with Crippen LogP contribution in [0.3, 0.4) is 0 Å². The van der Waals surface area contributed by atoms with Crippen LogP contribution < -0.4 is 15.4 Å². The molecule has 0 aliphatic heterocycles. The minimum Gasteiger partial charge on any atom is -0.497 e. The van der Waals surface area contributed by atoms with Crippen molar-refractivity contribution in [1.29, 1.82) is 0 Å². The van der Waals surface area contributed by atoms with Gasteiger partial charge in [-0.3, -0.25) is 9.59 Å². The highest BCUT2D eigenvalue weighted by Gasteiger charge is 2.31. The van der Waals surface area contributed by atoms with Gasteiger partial charge in [-0.15, -0.1) is 11.3 Å². The molecule has 0 bridgehead atoms. The minimum atomic E-state index is -3.78. The largest absolute Gasteiger partial charge is 0.497 e. The number of hydrogen-bond donors (Lipinski definition) is 2. The maximum Gasteiger partial charge on any atom is 0.309 e. The summed E-state index contributed by atoms with van der Waals surface area (Å²) in [5.74, 6) is -1.10. The molecule has 3 rings (SSSR count). The number of hydrogen-bond acceptors (Lipinski definition) is 6. The quantitative estimate of drug-likeness (QED) is 0.491. The van der Waals surface area contributed by atoms with Crippen LogP contribution >= 0.6 is 11.3 Å². The lowest BCUT2D eigenvalue weighted by Crippen LogP contribution is -2.42. The van der Waals surface area contributed by atoms with Gasteiger partial charge in [0.15, 0.2) is 9.84 Å². The fourth-order valence-electron chi connectivity index (χ4n) is 3.04. The number of carbonyl (C=O) groups excluding carboxylic acids is 2. The van der Waals surface area contributed by atoms with Crippen molar-refractivity contribution in [2.45, 2.75) is 23.6 Å². The molecule has 7 nitrogen and oxygen atoms in total. The molecule has 3 aromatic rings. The van der Waals surface area contributed by atoms with Crippen molar-refractivity contribution in [1.82, 2.24) is 10.6 Å². The Morgan fingerprint density at radius 1 is 1.00 bits per heavy atom. The van der Waals surface area contributed by atoms with Crippen LogP contribution in [-0.4, -0.2) is 33.9 Å². The summed E-state index contributed by atoms with van der Waals surface area (Å²) in [6.45, 7) is 1.79. The highest BCUT2D eigenvalue weighted by molar-refractivity contribution is 7.91. The number of rotatable bonds is 8.